The third-order valence-electron chi connectivity index (χ3n) is 9.18. The largest absolute Gasteiger partial charge is 0.378 e. The highest BCUT2D eigenvalue weighted by Gasteiger charge is 2.51. The average Bonchev–Trinajstić information content (AvgIpc) is 3.57. The van der Waals surface area contributed by atoms with Crippen molar-refractivity contribution >= 4 is 35.4 Å². The first kappa shape index (κ1) is 28.2. The van der Waals surface area contributed by atoms with Crippen LogP contribution in [0.3, 0.4) is 0 Å². The highest BCUT2D eigenvalue weighted by atomic mass is 32.2. The number of primary amides is 1. The highest BCUT2D eigenvalue weighted by molar-refractivity contribution is 8.04. The number of carbonyl (C=O) groups is 2. The number of fused-ring (bicyclic) bond motifs is 1. The highest BCUT2D eigenvalue weighted by Crippen LogP contribution is 2.46. The Hall–Kier alpha value is -0.900. The third kappa shape index (κ3) is 6.17. The number of nitrogens with zero attached hydrogens (tertiary/aromatic N) is 1. The van der Waals surface area contributed by atoms with Crippen molar-refractivity contribution in [3.05, 3.63) is 11.1 Å². The number of nitrogens with one attached hydrogen (secondary N) is 4. The zero-order chi connectivity index (χ0) is 26.9. The summed E-state index contributed by atoms with van der Waals surface area (Å²) >= 11 is 3.52. The van der Waals surface area contributed by atoms with E-state index in [0.717, 1.165) is 43.9 Å². The Balaban J connectivity index is 1.12. The minimum atomic E-state index is -0.427. The van der Waals surface area contributed by atoms with Gasteiger partial charge in [-0.2, -0.15) is 0 Å². The third-order valence-corrected chi connectivity index (χ3v) is 12.0. The van der Waals surface area contributed by atoms with Gasteiger partial charge in [-0.3, -0.25) is 14.3 Å². The van der Waals surface area contributed by atoms with E-state index >= 15 is 0 Å². The Labute approximate surface area is 239 Å². The number of thioether (sulfide) groups is 1. The summed E-state index contributed by atoms with van der Waals surface area (Å²) < 4.78 is 15.1. The van der Waals surface area contributed by atoms with E-state index in [2.05, 4.69) is 25.6 Å². The lowest BCUT2D eigenvalue weighted by Gasteiger charge is -2.42. The van der Waals surface area contributed by atoms with Gasteiger partial charge in [-0.05, 0) is 19.3 Å². The Morgan fingerprint density at radius 2 is 1.90 bits per heavy atom. The molecule has 1 amide bonds. The molecular weight excluding hydrogens is 538 g/mol. The molecule has 8 N–H and O–H groups in total. The maximum absolute atomic E-state index is 13.0. The maximum atomic E-state index is 13.0. The van der Waals surface area contributed by atoms with E-state index in [4.69, 9.17) is 20.9 Å². The number of amides is 1. The molecule has 1 saturated carbocycles. The van der Waals surface area contributed by atoms with E-state index in [1.54, 1.807) is 29.8 Å². The molecule has 0 aromatic heterocycles. The summed E-state index contributed by atoms with van der Waals surface area (Å²) in [7, 11) is 0. The summed E-state index contributed by atoms with van der Waals surface area (Å²) in [5, 5.41) is 12.3. The SMILES string of the molecule is NC(=O)C1NCC(N[C@H]2CCCC[C@H]2N)CC1NC1CNSC1C1COC2C(=O)C=C(N3CCOCC3)SC21. The van der Waals surface area contributed by atoms with Gasteiger partial charge in [0.25, 0.3) is 0 Å². The molecule has 0 spiro atoms. The Bertz CT molecular complexity index is 938. The Morgan fingerprint density at radius 3 is 2.69 bits per heavy atom. The van der Waals surface area contributed by atoms with Gasteiger partial charge >= 0.3 is 0 Å². The number of ether oxygens (including phenoxy) is 2. The topological polar surface area (TPSA) is 156 Å². The molecule has 5 fully saturated rings. The zero-order valence-electron chi connectivity index (χ0n) is 22.4. The predicted octanol–water partition coefficient (Wildman–Crippen LogP) is -1.12. The number of carbonyl (C=O) groups excluding carboxylic acids is 2. The second-order valence-electron chi connectivity index (χ2n) is 11.7. The van der Waals surface area contributed by atoms with E-state index < -0.39 is 12.1 Å². The molecule has 13 heteroatoms. The van der Waals surface area contributed by atoms with Gasteiger partial charge in [-0.1, -0.05) is 24.8 Å². The number of hydrogen-bond acceptors (Lipinski definition) is 12. The zero-order valence-corrected chi connectivity index (χ0v) is 24.0. The summed E-state index contributed by atoms with van der Waals surface area (Å²) in [5.74, 6) is -0.0549. The summed E-state index contributed by atoms with van der Waals surface area (Å²) in [5.41, 5.74) is 12.3. The number of piperidine rings is 1. The van der Waals surface area contributed by atoms with E-state index in [9.17, 15) is 9.59 Å². The van der Waals surface area contributed by atoms with Crippen LogP contribution in [-0.4, -0.2) is 115 Å². The van der Waals surface area contributed by atoms with Gasteiger partial charge in [0.05, 0.1) is 30.1 Å². The van der Waals surface area contributed by atoms with Crippen LogP contribution in [0.1, 0.15) is 32.1 Å². The van der Waals surface area contributed by atoms with Crippen LogP contribution in [0.5, 0.6) is 0 Å². The van der Waals surface area contributed by atoms with Crippen LogP contribution in [0.2, 0.25) is 0 Å². The van der Waals surface area contributed by atoms with Crippen molar-refractivity contribution in [2.75, 3.05) is 46.0 Å². The molecule has 0 aromatic carbocycles. The maximum Gasteiger partial charge on any atom is 0.236 e. The lowest BCUT2D eigenvalue weighted by Crippen LogP contribution is -2.67. The normalized spacial score (nSPS) is 43.3. The van der Waals surface area contributed by atoms with Crippen molar-refractivity contribution in [3.8, 4) is 0 Å². The molecule has 6 rings (SSSR count). The quantitative estimate of drug-likeness (QED) is 0.202. The van der Waals surface area contributed by atoms with Gasteiger partial charge in [0, 0.05) is 73.6 Å². The minimum Gasteiger partial charge on any atom is -0.378 e. The summed E-state index contributed by atoms with van der Waals surface area (Å²) in [4.78, 5) is 27.7. The molecule has 8 unspecified atom stereocenters. The molecule has 1 aliphatic carbocycles. The molecule has 0 radical (unpaired) electrons. The standard InChI is InChI=1S/C26H43N7O4S2/c27-16-3-1-2-4-17(16)31-14-9-18(22(26(28)35)29-11-14)32-19-12-30-39-24(19)15-13-37-23-20(34)10-21(38-25(15)23)33-5-7-36-8-6-33/h10,14-19,22-25,29-32H,1-9,11-13,27H2,(H2,28,35)/t14?,15?,16-,17+,18?,19?,22?,23?,24?,25?/m1/s1. The van der Waals surface area contributed by atoms with Gasteiger partial charge in [0.2, 0.25) is 5.91 Å². The molecule has 11 nitrogen and oxygen atoms in total. The second kappa shape index (κ2) is 12.5. The van der Waals surface area contributed by atoms with Crippen LogP contribution < -0.4 is 32.1 Å². The molecule has 0 aromatic rings. The number of morpholine rings is 1. The van der Waals surface area contributed by atoms with E-state index in [-0.39, 0.29) is 52.3 Å². The first-order chi connectivity index (χ1) is 19.0. The molecule has 4 saturated heterocycles. The van der Waals surface area contributed by atoms with Gasteiger partial charge in [-0.15, -0.1) is 11.8 Å². The van der Waals surface area contributed by atoms with Crippen molar-refractivity contribution in [1.82, 2.24) is 25.6 Å². The van der Waals surface area contributed by atoms with E-state index in [0.29, 0.717) is 32.4 Å². The van der Waals surface area contributed by atoms with Crippen molar-refractivity contribution in [1.29, 1.82) is 0 Å². The summed E-state index contributed by atoms with van der Waals surface area (Å²) in [6.07, 6.45) is 6.75. The first-order valence-electron chi connectivity index (χ1n) is 14.5. The number of ketones is 1. The molecule has 39 heavy (non-hydrogen) atoms. The van der Waals surface area contributed by atoms with Crippen LogP contribution in [0.4, 0.5) is 0 Å². The fourth-order valence-corrected chi connectivity index (χ4v) is 9.96. The van der Waals surface area contributed by atoms with Crippen LogP contribution in [0.25, 0.3) is 0 Å². The molecule has 0 bridgehead atoms. The van der Waals surface area contributed by atoms with E-state index in [1.165, 1.54) is 12.8 Å². The van der Waals surface area contributed by atoms with Crippen molar-refractivity contribution < 1.29 is 19.1 Å². The lowest BCUT2D eigenvalue weighted by atomic mass is 9.87. The number of hydrogen-bond donors (Lipinski definition) is 6. The molecule has 10 atom stereocenters. The summed E-state index contributed by atoms with van der Waals surface area (Å²) in [6, 6.07) is 0.323. The smallest absolute Gasteiger partial charge is 0.236 e. The number of nitrogens with two attached hydrogens (primary N) is 2. The van der Waals surface area contributed by atoms with Gasteiger partial charge in [0.15, 0.2) is 5.78 Å². The monoisotopic (exact) mass is 581 g/mol. The lowest BCUT2D eigenvalue weighted by molar-refractivity contribution is -0.123. The van der Waals surface area contributed by atoms with Gasteiger partial charge in [-0.25, -0.2) is 0 Å². The van der Waals surface area contributed by atoms with Gasteiger partial charge < -0.3 is 41.8 Å². The number of rotatable bonds is 7. The average molecular weight is 582 g/mol. The minimum absolute atomic E-state index is 0.0701. The van der Waals surface area contributed by atoms with Crippen LogP contribution in [0, 0.1) is 5.92 Å². The van der Waals surface area contributed by atoms with Crippen LogP contribution in [-0.2, 0) is 19.1 Å². The molecule has 218 valence electrons. The van der Waals surface area contributed by atoms with Crippen molar-refractivity contribution in [3.63, 3.8) is 0 Å². The fourth-order valence-electron chi connectivity index (χ4n) is 7.07. The Kier molecular flexibility index (Phi) is 9.08. The molecular formula is C26H43N7O4S2. The van der Waals surface area contributed by atoms with Gasteiger partial charge in [0.1, 0.15) is 12.1 Å². The van der Waals surface area contributed by atoms with Crippen LogP contribution >= 0.6 is 23.7 Å². The predicted molar refractivity (Wildman–Crippen MR) is 153 cm³/mol. The molecule has 5 aliphatic heterocycles. The van der Waals surface area contributed by atoms with Crippen LogP contribution in [0.15, 0.2) is 11.1 Å². The fraction of sp³-hybridized carbons (Fsp3) is 0.846. The molecule has 5 heterocycles. The Morgan fingerprint density at radius 1 is 1.08 bits per heavy atom. The van der Waals surface area contributed by atoms with Crippen molar-refractivity contribution in [2.45, 2.75) is 85.0 Å². The van der Waals surface area contributed by atoms with Crippen molar-refractivity contribution in [2.24, 2.45) is 17.4 Å². The molecule has 6 aliphatic rings. The van der Waals surface area contributed by atoms with E-state index in [1.807, 2.05) is 0 Å². The first-order valence-corrected chi connectivity index (χ1v) is 16.3. The summed E-state index contributed by atoms with van der Waals surface area (Å²) in [6.45, 7) is 5.03. The second-order valence-corrected chi connectivity index (χ2v) is 14.0.